The number of nitrogens with zero attached hydrogens (tertiary/aromatic N) is 3. The van der Waals surface area contributed by atoms with Gasteiger partial charge >= 0.3 is 0 Å². The Bertz CT molecular complexity index is 261. The molecule has 0 aromatic carbocycles. The molecule has 14 heavy (non-hydrogen) atoms. The third-order valence-corrected chi connectivity index (χ3v) is 2.08. The van der Waals surface area contributed by atoms with Gasteiger partial charge in [-0.3, -0.25) is 4.68 Å². The number of hydrogen-bond acceptors (Lipinski definition) is 4. The summed E-state index contributed by atoms with van der Waals surface area (Å²) in [5, 5.41) is 11.2. The van der Waals surface area contributed by atoms with Crippen LogP contribution >= 0.6 is 0 Å². The first-order valence-corrected chi connectivity index (χ1v) is 4.83. The lowest BCUT2D eigenvalue weighted by Crippen LogP contribution is -2.32. The van der Waals surface area contributed by atoms with Gasteiger partial charge in [-0.05, 0) is 6.42 Å². The highest BCUT2D eigenvalue weighted by Gasteiger charge is 2.05. The van der Waals surface area contributed by atoms with E-state index in [1.165, 1.54) is 0 Å². The van der Waals surface area contributed by atoms with Crippen LogP contribution in [0.2, 0.25) is 0 Å². The van der Waals surface area contributed by atoms with Crippen molar-refractivity contribution in [3.05, 3.63) is 11.9 Å². The van der Waals surface area contributed by atoms with Gasteiger partial charge in [0.25, 0.3) is 0 Å². The molecule has 0 fully saturated rings. The lowest BCUT2D eigenvalue weighted by molar-refractivity contribution is 0.163. The van der Waals surface area contributed by atoms with Crippen LogP contribution in [-0.2, 0) is 18.3 Å². The molecule has 1 atom stereocenters. The van der Waals surface area contributed by atoms with Crippen molar-refractivity contribution in [2.24, 2.45) is 7.05 Å². The van der Waals surface area contributed by atoms with Crippen molar-refractivity contribution in [3.63, 3.8) is 0 Å². The predicted octanol–water partition coefficient (Wildman–Crippen LogP) is 0.330. The summed E-state index contributed by atoms with van der Waals surface area (Å²) in [6.45, 7) is 3.61. The highest BCUT2D eigenvalue weighted by molar-refractivity contribution is 4.91. The van der Waals surface area contributed by atoms with Gasteiger partial charge in [-0.1, -0.05) is 12.1 Å². The molecular formula is C9H18N4O. The van der Waals surface area contributed by atoms with Crippen molar-refractivity contribution in [1.82, 2.24) is 20.3 Å². The standard InChI is InChI=1S/C9H18N4O/c1-4-8(7-14-3)10-5-9-6-13(2)12-11-9/h6,8,10H,4-5,7H2,1-3H3. The van der Waals surface area contributed by atoms with E-state index in [-0.39, 0.29) is 0 Å². The van der Waals surface area contributed by atoms with Gasteiger partial charge in [0.05, 0.1) is 12.3 Å². The number of rotatable bonds is 6. The van der Waals surface area contributed by atoms with Crippen LogP contribution in [0, 0.1) is 0 Å². The molecule has 1 heterocycles. The molecule has 0 aliphatic heterocycles. The van der Waals surface area contributed by atoms with Crippen molar-refractivity contribution in [1.29, 1.82) is 0 Å². The van der Waals surface area contributed by atoms with Gasteiger partial charge in [0.2, 0.25) is 0 Å². The van der Waals surface area contributed by atoms with Crippen LogP contribution in [-0.4, -0.2) is 34.8 Å². The molecule has 80 valence electrons. The van der Waals surface area contributed by atoms with Gasteiger partial charge in [0.15, 0.2) is 0 Å². The van der Waals surface area contributed by atoms with Crippen LogP contribution in [0.5, 0.6) is 0 Å². The van der Waals surface area contributed by atoms with Gasteiger partial charge in [-0.15, -0.1) is 5.10 Å². The molecule has 0 spiro atoms. The Balaban J connectivity index is 2.31. The third kappa shape index (κ3) is 3.43. The van der Waals surface area contributed by atoms with E-state index in [4.69, 9.17) is 4.74 Å². The Hall–Kier alpha value is -0.940. The maximum absolute atomic E-state index is 5.08. The van der Waals surface area contributed by atoms with Crippen molar-refractivity contribution < 1.29 is 4.74 Å². The van der Waals surface area contributed by atoms with E-state index in [9.17, 15) is 0 Å². The quantitative estimate of drug-likeness (QED) is 0.715. The smallest absolute Gasteiger partial charge is 0.0964 e. The molecule has 1 unspecified atom stereocenters. The van der Waals surface area contributed by atoms with E-state index in [2.05, 4.69) is 22.6 Å². The zero-order valence-corrected chi connectivity index (χ0v) is 9.03. The van der Waals surface area contributed by atoms with Gasteiger partial charge in [-0.25, -0.2) is 0 Å². The molecule has 0 bridgehead atoms. The highest BCUT2D eigenvalue weighted by atomic mass is 16.5. The van der Waals surface area contributed by atoms with Gasteiger partial charge in [-0.2, -0.15) is 0 Å². The normalized spacial score (nSPS) is 13.1. The Labute approximate surface area is 84.4 Å². The summed E-state index contributed by atoms with van der Waals surface area (Å²) in [5.74, 6) is 0. The monoisotopic (exact) mass is 198 g/mol. The zero-order chi connectivity index (χ0) is 10.4. The van der Waals surface area contributed by atoms with Crippen molar-refractivity contribution in [3.8, 4) is 0 Å². The first kappa shape index (κ1) is 11.1. The molecule has 1 N–H and O–H groups in total. The largest absolute Gasteiger partial charge is 0.383 e. The third-order valence-electron chi connectivity index (χ3n) is 2.08. The molecule has 0 aliphatic carbocycles. The van der Waals surface area contributed by atoms with E-state index in [1.807, 2.05) is 13.2 Å². The number of ether oxygens (including phenoxy) is 1. The van der Waals surface area contributed by atoms with Crippen molar-refractivity contribution in [2.45, 2.75) is 25.9 Å². The topological polar surface area (TPSA) is 52.0 Å². The first-order valence-electron chi connectivity index (χ1n) is 4.83. The molecule has 1 aromatic heterocycles. The minimum absolute atomic E-state index is 0.391. The molecule has 0 radical (unpaired) electrons. The second kappa shape index (κ2) is 5.72. The number of aromatic nitrogens is 3. The van der Waals surface area contributed by atoms with Gasteiger partial charge in [0.1, 0.15) is 0 Å². The number of aryl methyl sites for hydroxylation is 1. The van der Waals surface area contributed by atoms with E-state index in [1.54, 1.807) is 11.8 Å². The van der Waals surface area contributed by atoms with Gasteiger partial charge < -0.3 is 10.1 Å². The molecule has 5 heteroatoms. The number of hydrogen-bond donors (Lipinski definition) is 1. The maximum atomic E-state index is 5.08. The lowest BCUT2D eigenvalue weighted by atomic mass is 10.2. The second-order valence-corrected chi connectivity index (χ2v) is 3.32. The first-order chi connectivity index (χ1) is 6.76. The number of nitrogens with one attached hydrogen (secondary N) is 1. The summed E-state index contributed by atoms with van der Waals surface area (Å²) < 4.78 is 6.79. The van der Waals surface area contributed by atoms with Crippen LogP contribution in [0.15, 0.2) is 6.20 Å². The van der Waals surface area contributed by atoms with Crippen LogP contribution in [0.25, 0.3) is 0 Å². The molecule has 0 amide bonds. The lowest BCUT2D eigenvalue weighted by Gasteiger charge is -2.14. The summed E-state index contributed by atoms with van der Waals surface area (Å²) in [4.78, 5) is 0. The van der Waals surface area contributed by atoms with Crippen LogP contribution in [0.1, 0.15) is 19.0 Å². The molecular weight excluding hydrogens is 180 g/mol. The van der Waals surface area contributed by atoms with E-state index in [0.29, 0.717) is 6.04 Å². The van der Waals surface area contributed by atoms with E-state index in [0.717, 1.165) is 25.3 Å². The minimum Gasteiger partial charge on any atom is -0.383 e. The van der Waals surface area contributed by atoms with Crippen molar-refractivity contribution in [2.75, 3.05) is 13.7 Å². The zero-order valence-electron chi connectivity index (χ0n) is 9.03. The van der Waals surface area contributed by atoms with Gasteiger partial charge in [0, 0.05) is 32.9 Å². The fraction of sp³-hybridized carbons (Fsp3) is 0.778. The fourth-order valence-electron chi connectivity index (χ4n) is 1.25. The Kier molecular flexibility index (Phi) is 4.55. The Morgan fingerprint density at radius 1 is 1.64 bits per heavy atom. The van der Waals surface area contributed by atoms with Crippen LogP contribution in [0.4, 0.5) is 0 Å². The van der Waals surface area contributed by atoms with Crippen LogP contribution < -0.4 is 5.32 Å². The summed E-state index contributed by atoms with van der Waals surface area (Å²) in [6.07, 6.45) is 2.96. The predicted molar refractivity (Wildman–Crippen MR) is 53.8 cm³/mol. The summed E-state index contributed by atoms with van der Waals surface area (Å²) in [5.41, 5.74) is 0.960. The molecule has 0 aliphatic rings. The molecule has 5 nitrogen and oxygen atoms in total. The summed E-state index contributed by atoms with van der Waals surface area (Å²) in [6, 6.07) is 0.391. The summed E-state index contributed by atoms with van der Waals surface area (Å²) in [7, 11) is 3.58. The van der Waals surface area contributed by atoms with E-state index >= 15 is 0 Å². The summed E-state index contributed by atoms with van der Waals surface area (Å²) >= 11 is 0. The molecule has 1 aromatic rings. The highest BCUT2D eigenvalue weighted by Crippen LogP contribution is 1.95. The van der Waals surface area contributed by atoms with Crippen LogP contribution in [0.3, 0.4) is 0 Å². The molecule has 0 saturated carbocycles. The number of methoxy groups -OCH3 is 1. The Morgan fingerprint density at radius 3 is 2.93 bits per heavy atom. The maximum Gasteiger partial charge on any atom is 0.0964 e. The minimum atomic E-state index is 0.391. The fourth-order valence-corrected chi connectivity index (χ4v) is 1.25. The average Bonchev–Trinajstić information content (AvgIpc) is 2.59. The Morgan fingerprint density at radius 2 is 2.43 bits per heavy atom. The second-order valence-electron chi connectivity index (χ2n) is 3.32. The van der Waals surface area contributed by atoms with Crippen molar-refractivity contribution >= 4 is 0 Å². The molecule has 0 saturated heterocycles. The average molecular weight is 198 g/mol. The molecule has 1 rings (SSSR count). The van der Waals surface area contributed by atoms with E-state index < -0.39 is 0 Å². The SMILES string of the molecule is CCC(COC)NCc1cn(C)nn1.